The van der Waals surface area contributed by atoms with Crippen molar-refractivity contribution in [2.24, 2.45) is 5.73 Å². The minimum absolute atomic E-state index is 0. The van der Waals surface area contributed by atoms with Gasteiger partial charge in [-0.1, -0.05) is 18.2 Å². The van der Waals surface area contributed by atoms with Gasteiger partial charge in [-0.2, -0.15) is 0 Å². The predicted molar refractivity (Wildman–Crippen MR) is 140 cm³/mol. The molecule has 10 heteroatoms. The first kappa shape index (κ1) is 29.8. The van der Waals surface area contributed by atoms with Gasteiger partial charge in [-0.25, -0.2) is 0 Å². The van der Waals surface area contributed by atoms with Crippen LogP contribution in [0.3, 0.4) is 0 Å². The maximum atomic E-state index is 13.4. The smallest absolute Gasteiger partial charge is 0.258 e. The highest BCUT2D eigenvalue weighted by Crippen LogP contribution is 2.48. The molecule has 0 aliphatic carbocycles. The van der Waals surface area contributed by atoms with E-state index in [9.17, 15) is 4.79 Å². The Hall–Kier alpha value is -3.20. The number of ether oxygens (including phenoxy) is 4. The standard InChI is InChI=1S/C25H29N3O5.2ClH/c1-28(16-18-7-5-6-14-27-18)25(29)20-15-21(23(31-3)24(32-4)22(20)30-2)33-19-10-8-17(9-11-19)12-13-26;;/h5-11,14-15H,12-13,16,26H2,1-4H3;2*1H. The Morgan fingerprint density at radius 3 is 2.14 bits per heavy atom. The molecular weight excluding hydrogens is 493 g/mol. The van der Waals surface area contributed by atoms with Gasteiger partial charge < -0.3 is 29.6 Å². The van der Waals surface area contributed by atoms with Crippen molar-refractivity contribution in [1.29, 1.82) is 0 Å². The summed E-state index contributed by atoms with van der Waals surface area (Å²) in [5, 5.41) is 0. The number of hydrogen-bond donors (Lipinski definition) is 1. The average Bonchev–Trinajstić information content (AvgIpc) is 2.84. The summed E-state index contributed by atoms with van der Waals surface area (Å²) in [5.41, 5.74) is 7.78. The van der Waals surface area contributed by atoms with E-state index in [1.807, 2.05) is 42.5 Å². The highest BCUT2D eigenvalue weighted by atomic mass is 35.5. The molecule has 0 saturated heterocycles. The Labute approximate surface area is 218 Å². The van der Waals surface area contributed by atoms with Crippen LogP contribution in [0.5, 0.6) is 28.7 Å². The van der Waals surface area contributed by atoms with Crippen molar-refractivity contribution in [3.8, 4) is 28.7 Å². The summed E-state index contributed by atoms with van der Waals surface area (Å²) in [6.07, 6.45) is 2.47. The summed E-state index contributed by atoms with van der Waals surface area (Å²) in [7, 11) is 6.16. The molecule has 3 aromatic rings. The fourth-order valence-corrected chi connectivity index (χ4v) is 3.45. The SMILES string of the molecule is COc1c(Oc2ccc(CCN)cc2)cc(C(=O)N(C)Cc2ccccn2)c(OC)c1OC.Cl.Cl. The third kappa shape index (κ3) is 7.14. The highest BCUT2D eigenvalue weighted by Gasteiger charge is 2.27. The average molecular weight is 524 g/mol. The Morgan fingerprint density at radius 2 is 1.60 bits per heavy atom. The van der Waals surface area contributed by atoms with Crippen molar-refractivity contribution in [3.63, 3.8) is 0 Å². The van der Waals surface area contributed by atoms with Crippen molar-refractivity contribution in [1.82, 2.24) is 9.88 Å². The zero-order chi connectivity index (χ0) is 23.8. The van der Waals surface area contributed by atoms with Crippen molar-refractivity contribution < 1.29 is 23.7 Å². The number of pyridine rings is 1. The molecule has 1 amide bonds. The van der Waals surface area contributed by atoms with Crippen LogP contribution >= 0.6 is 24.8 Å². The maximum absolute atomic E-state index is 13.4. The molecule has 0 unspecified atom stereocenters. The molecule has 0 saturated carbocycles. The molecule has 0 atom stereocenters. The zero-order valence-electron chi connectivity index (χ0n) is 20.1. The van der Waals surface area contributed by atoms with E-state index >= 15 is 0 Å². The molecule has 1 aromatic heterocycles. The lowest BCUT2D eigenvalue weighted by Gasteiger charge is -2.22. The quantitative estimate of drug-likeness (QED) is 0.417. The number of aromatic nitrogens is 1. The van der Waals surface area contributed by atoms with Gasteiger partial charge in [-0.05, 0) is 42.8 Å². The second kappa shape index (κ2) is 14.3. The lowest BCUT2D eigenvalue weighted by atomic mass is 10.1. The molecule has 0 spiro atoms. The normalized spacial score (nSPS) is 9.86. The van der Waals surface area contributed by atoms with Crippen LogP contribution in [0.15, 0.2) is 54.7 Å². The summed E-state index contributed by atoms with van der Waals surface area (Å²) in [5.74, 6) is 1.49. The topological polar surface area (TPSA) is 96.1 Å². The van der Waals surface area contributed by atoms with Crippen LogP contribution in [-0.2, 0) is 13.0 Å². The van der Waals surface area contributed by atoms with E-state index in [0.29, 0.717) is 30.3 Å². The monoisotopic (exact) mass is 523 g/mol. The van der Waals surface area contributed by atoms with Crippen LogP contribution < -0.4 is 24.7 Å². The Morgan fingerprint density at radius 1 is 0.943 bits per heavy atom. The number of methoxy groups -OCH3 is 3. The molecule has 8 nitrogen and oxygen atoms in total. The van der Waals surface area contributed by atoms with Crippen LogP contribution in [-0.4, -0.2) is 50.7 Å². The minimum atomic E-state index is -0.276. The first-order chi connectivity index (χ1) is 16.0. The third-order valence-corrected chi connectivity index (χ3v) is 5.06. The van der Waals surface area contributed by atoms with Gasteiger partial charge in [0.25, 0.3) is 5.91 Å². The molecule has 0 radical (unpaired) electrons. The number of halogens is 2. The van der Waals surface area contributed by atoms with Crippen LogP contribution in [0.25, 0.3) is 0 Å². The van der Waals surface area contributed by atoms with Crippen molar-refractivity contribution in [2.45, 2.75) is 13.0 Å². The van der Waals surface area contributed by atoms with E-state index in [2.05, 4.69) is 4.98 Å². The van der Waals surface area contributed by atoms with Gasteiger partial charge in [0.15, 0.2) is 11.5 Å². The molecule has 2 N–H and O–H groups in total. The number of carbonyl (C=O) groups is 1. The molecule has 0 aliphatic heterocycles. The fourth-order valence-electron chi connectivity index (χ4n) is 3.45. The maximum Gasteiger partial charge on any atom is 0.258 e. The lowest BCUT2D eigenvalue weighted by Crippen LogP contribution is -2.27. The summed E-state index contributed by atoms with van der Waals surface area (Å²) in [6.45, 7) is 0.900. The van der Waals surface area contributed by atoms with Crippen LogP contribution in [0.1, 0.15) is 21.6 Å². The predicted octanol–water partition coefficient (Wildman–Crippen LogP) is 4.52. The first-order valence-electron chi connectivity index (χ1n) is 10.5. The summed E-state index contributed by atoms with van der Waals surface area (Å²) in [6, 6.07) is 14.7. The van der Waals surface area contributed by atoms with Gasteiger partial charge in [0.1, 0.15) is 5.75 Å². The van der Waals surface area contributed by atoms with Gasteiger partial charge in [-0.15, -0.1) is 24.8 Å². The Kier molecular flexibility index (Phi) is 12.2. The van der Waals surface area contributed by atoms with E-state index < -0.39 is 0 Å². The van der Waals surface area contributed by atoms with Crippen molar-refractivity contribution >= 4 is 30.7 Å². The fraction of sp³-hybridized carbons (Fsp3) is 0.280. The molecule has 0 bridgehead atoms. The molecular formula is C25H31Cl2N3O5. The van der Waals surface area contributed by atoms with Gasteiger partial charge in [-0.3, -0.25) is 9.78 Å². The number of carbonyl (C=O) groups excluding carboxylic acids is 1. The Bertz CT molecular complexity index is 1080. The van der Waals surface area contributed by atoms with E-state index in [0.717, 1.165) is 17.7 Å². The van der Waals surface area contributed by atoms with E-state index in [-0.39, 0.29) is 47.8 Å². The van der Waals surface area contributed by atoms with Crippen molar-refractivity contribution in [3.05, 3.63) is 71.5 Å². The van der Waals surface area contributed by atoms with Crippen LogP contribution in [0.2, 0.25) is 0 Å². The van der Waals surface area contributed by atoms with Crippen LogP contribution in [0.4, 0.5) is 0 Å². The molecule has 35 heavy (non-hydrogen) atoms. The molecule has 0 aliphatic rings. The largest absolute Gasteiger partial charge is 0.492 e. The van der Waals surface area contributed by atoms with Gasteiger partial charge in [0, 0.05) is 19.3 Å². The molecule has 190 valence electrons. The number of nitrogens with two attached hydrogens (primary N) is 1. The van der Waals surface area contributed by atoms with Gasteiger partial charge in [0.2, 0.25) is 11.5 Å². The summed E-state index contributed by atoms with van der Waals surface area (Å²) in [4.78, 5) is 19.2. The minimum Gasteiger partial charge on any atom is -0.492 e. The second-order valence-electron chi connectivity index (χ2n) is 7.29. The molecule has 0 fully saturated rings. The second-order valence-corrected chi connectivity index (χ2v) is 7.29. The number of amides is 1. The van der Waals surface area contributed by atoms with Gasteiger partial charge >= 0.3 is 0 Å². The number of nitrogens with zero attached hydrogens (tertiary/aromatic N) is 2. The number of rotatable bonds is 10. The van der Waals surface area contributed by atoms with E-state index in [1.54, 1.807) is 24.2 Å². The number of benzene rings is 2. The Balaban J connectivity index is 0.00000306. The zero-order valence-corrected chi connectivity index (χ0v) is 21.8. The number of hydrogen-bond acceptors (Lipinski definition) is 7. The molecule has 2 aromatic carbocycles. The van der Waals surface area contributed by atoms with E-state index in [1.165, 1.54) is 21.3 Å². The molecule has 3 rings (SSSR count). The summed E-state index contributed by atoms with van der Waals surface area (Å²) < 4.78 is 22.7. The van der Waals surface area contributed by atoms with Crippen molar-refractivity contribution in [2.75, 3.05) is 34.9 Å². The summed E-state index contributed by atoms with van der Waals surface area (Å²) >= 11 is 0. The molecule has 1 heterocycles. The third-order valence-electron chi connectivity index (χ3n) is 5.06. The first-order valence-corrected chi connectivity index (χ1v) is 10.5. The lowest BCUT2D eigenvalue weighted by molar-refractivity contribution is 0.0778. The highest BCUT2D eigenvalue weighted by molar-refractivity contribution is 5.99. The van der Waals surface area contributed by atoms with Crippen LogP contribution in [0, 0.1) is 0 Å². The van der Waals surface area contributed by atoms with E-state index in [4.69, 9.17) is 24.7 Å². The van der Waals surface area contributed by atoms with Gasteiger partial charge in [0.05, 0.1) is 39.1 Å².